The second kappa shape index (κ2) is 5.72. The largest absolute Gasteiger partial charge is 0.465 e. The standard InChI is InChI=1S/C17H10F3NO2/c1-23-17(22)9-5-6-10-12(7-9)16(21-8-14(10)19)11-3-2-4-13(18)15(11)20/h2-8H,1H3. The molecule has 0 fully saturated rings. The molecule has 1 heterocycles. The topological polar surface area (TPSA) is 39.2 Å². The van der Waals surface area contributed by atoms with Crippen LogP contribution in [0.1, 0.15) is 10.4 Å². The Morgan fingerprint density at radius 2 is 1.83 bits per heavy atom. The molecular formula is C17H10F3NO2. The first kappa shape index (κ1) is 15.0. The van der Waals surface area contributed by atoms with Gasteiger partial charge in [-0.05, 0) is 24.3 Å². The minimum atomic E-state index is -1.09. The minimum Gasteiger partial charge on any atom is -0.465 e. The van der Waals surface area contributed by atoms with E-state index >= 15 is 0 Å². The Kier molecular flexibility index (Phi) is 3.73. The smallest absolute Gasteiger partial charge is 0.337 e. The number of hydrogen-bond donors (Lipinski definition) is 0. The first-order valence-corrected chi connectivity index (χ1v) is 6.64. The first-order chi connectivity index (χ1) is 11.0. The molecule has 6 heteroatoms. The zero-order valence-electron chi connectivity index (χ0n) is 11.9. The van der Waals surface area contributed by atoms with E-state index in [9.17, 15) is 18.0 Å². The Bertz CT molecular complexity index is 925. The van der Waals surface area contributed by atoms with Crippen molar-refractivity contribution in [3.05, 3.63) is 65.6 Å². The van der Waals surface area contributed by atoms with Crippen LogP contribution < -0.4 is 0 Å². The summed E-state index contributed by atoms with van der Waals surface area (Å²) in [6.45, 7) is 0. The number of nitrogens with zero attached hydrogens (tertiary/aromatic N) is 1. The van der Waals surface area contributed by atoms with Gasteiger partial charge in [-0.3, -0.25) is 4.98 Å². The number of ether oxygens (including phenoxy) is 1. The molecule has 0 saturated carbocycles. The molecule has 0 aliphatic carbocycles. The lowest BCUT2D eigenvalue weighted by Gasteiger charge is -2.09. The molecule has 3 aromatic rings. The number of carbonyl (C=O) groups is 1. The number of fused-ring (bicyclic) bond motifs is 1. The van der Waals surface area contributed by atoms with Gasteiger partial charge in [0.1, 0.15) is 5.82 Å². The number of hydrogen-bond acceptors (Lipinski definition) is 3. The zero-order valence-corrected chi connectivity index (χ0v) is 11.9. The van der Waals surface area contributed by atoms with Gasteiger partial charge in [0.15, 0.2) is 11.6 Å². The molecular weight excluding hydrogens is 307 g/mol. The highest BCUT2D eigenvalue weighted by atomic mass is 19.2. The molecule has 0 N–H and O–H groups in total. The second-order valence-corrected chi connectivity index (χ2v) is 4.81. The Hall–Kier alpha value is -2.89. The van der Waals surface area contributed by atoms with E-state index in [0.717, 1.165) is 12.3 Å². The molecule has 0 aliphatic rings. The normalized spacial score (nSPS) is 10.8. The van der Waals surface area contributed by atoms with Crippen molar-refractivity contribution >= 4 is 16.7 Å². The molecule has 116 valence electrons. The van der Waals surface area contributed by atoms with Crippen LogP contribution in [-0.2, 0) is 4.74 Å². The lowest BCUT2D eigenvalue weighted by Crippen LogP contribution is -2.02. The highest BCUT2D eigenvalue weighted by Crippen LogP contribution is 2.31. The van der Waals surface area contributed by atoms with Gasteiger partial charge >= 0.3 is 5.97 Å². The lowest BCUT2D eigenvalue weighted by molar-refractivity contribution is 0.0601. The highest BCUT2D eigenvalue weighted by Gasteiger charge is 2.17. The fourth-order valence-electron chi connectivity index (χ4n) is 2.35. The van der Waals surface area contributed by atoms with Crippen molar-refractivity contribution in [2.45, 2.75) is 0 Å². The van der Waals surface area contributed by atoms with Crippen LogP contribution in [0.4, 0.5) is 13.2 Å². The van der Waals surface area contributed by atoms with Crippen molar-refractivity contribution in [3.63, 3.8) is 0 Å². The number of halogens is 3. The fraction of sp³-hybridized carbons (Fsp3) is 0.0588. The molecule has 0 aliphatic heterocycles. The van der Waals surface area contributed by atoms with Crippen molar-refractivity contribution in [1.29, 1.82) is 0 Å². The Balaban J connectivity index is 2.34. The second-order valence-electron chi connectivity index (χ2n) is 4.81. The van der Waals surface area contributed by atoms with Crippen LogP contribution in [0.25, 0.3) is 22.0 Å². The van der Waals surface area contributed by atoms with Gasteiger partial charge < -0.3 is 4.74 Å². The summed E-state index contributed by atoms with van der Waals surface area (Å²) in [6.07, 6.45) is 0.930. The molecule has 0 atom stereocenters. The van der Waals surface area contributed by atoms with E-state index < -0.39 is 23.4 Å². The molecule has 0 saturated heterocycles. The summed E-state index contributed by atoms with van der Waals surface area (Å²) in [6, 6.07) is 7.75. The van der Waals surface area contributed by atoms with Crippen molar-refractivity contribution in [3.8, 4) is 11.3 Å². The number of methoxy groups -OCH3 is 1. The molecule has 0 radical (unpaired) electrons. The summed E-state index contributed by atoms with van der Waals surface area (Å²) in [5, 5.41) is 0.337. The fourth-order valence-corrected chi connectivity index (χ4v) is 2.35. The summed E-state index contributed by atoms with van der Waals surface area (Å²) in [5.41, 5.74) is 0.0895. The summed E-state index contributed by atoms with van der Waals surface area (Å²) in [7, 11) is 1.21. The van der Waals surface area contributed by atoms with Gasteiger partial charge in [0, 0.05) is 16.3 Å². The van der Waals surface area contributed by atoms with E-state index in [1.54, 1.807) is 0 Å². The molecule has 0 bridgehead atoms. The maximum atomic E-state index is 14.0. The van der Waals surface area contributed by atoms with Gasteiger partial charge in [0.05, 0.1) is 24.6 Å². The summed E-state index contributed by atoms with van der Waals surface area (Å²) in [4.78, 5) is 15.5. The zero-order chi connectivity index (χ0) is 16.6. The quantitative estimate of drug-likeness (QED) is 0.668. The molecule has 23 heavy (non-hydrogen) atoms. The van der Waals surface area contributed by atoms with Crippen molar-refractivity contribution in [1.82, 2.24) is 4.98 Å². The van der Waals surface area contributed by atoms with Crippen LogP contribution in [0.2, 0.25) is 0 Å². The van der Waals surface area contributed by atoms with Gasteiger partial charge in [0.2, 0.25) is 0 Å². The molecule has 3 nitrogen and oxygen atoms in total. The maximum absolute atomic E-state index is 14.0. The molecule has 1 aromatic heterocycles. The van der Waals surface area contributed by atoms with Crippen LogP contribution in [0.3, 0.4) is 0 Å². The summed E-state index contributed by atoms with van der Waals surface area (Å²) >= 11 is 0. The minimum absolute atomic E-state index is 0.0455. The van der Waals surface area contributed by atoms with Gasteiger partial charge in [-0.2, -0.15) is 0 Å². The summed E-state index contributed by atoms with van der Waals surface area (Å²) < 4.78 is 46.0. The van der Waals surface area contributed by atoms with Crippen LogP contribution in [-0.4, -0.2) is 18.1 Å². The Labute approximate surface area is 129 Å². The van der Waals surface area contributed by atoms with E-state index in [1.807, 2.05) is 0 Å². The third-order valence-corrected chi connectivity index (χ3v) is 3.47. The lowest BCUT2D eigenvalue weighted by atomic mass is 10.0. The van der Waals surface area contributed by atoms with Crippen LogP contribution in [0.5, 0.6) is 0 Å². The van der Waals surface area contributed by atoms with Crippen molar-refractivity contribution in [2.24, 2.45) is 0 Å². The van der Waals surface area contributed by atoms with Gasteiger partial charge in [-0.15, -0.1) is 0 Å². The number of benzene rings is 2. The van der Waals surface area contributed by atoms with Gasteiger partial charge in [-0.1, -0.05) is 12.1 Å². The van der Waals surface area contributed by atoms with Gasteiger partial charge in [0.25, 0.3) is 0 Å². The SMILES string of the molecule is COC(=O)c1ccc2c(F)cnc(-c3cccc(F)c3F)c2c1. The van der Waals surface area contributed by atoms with E-state index in [4.69, 9.17) is 0 Å². The van der Waals surface area contributed by atoms with Crippen molar-refractivity contribution in [2.75, 3.05) is 7.11 Å². The molecule has 0 spiro atoms. The van der Waals surface area contributed by atoms with E-state index in [2.05, 4.69) is 9.72 Å². The van der Waals surface area contributed by atoms with Crippen LogP contribution in [0.15, 0.2) is 42.6 Å². The number of pyridine rings is 1. The summed E-state index contributed by atoms with van der Waals surface area (Å²) in [5.74, 6) is -3.37. The number of rotatable bonds is 2. The predicted octanol–water partition coefficient (Wildman–Crippen LogP) is 4.11. The number of carbonyl (C=O) groups excluding carboxylic acids is 1. The van der Waals surface area contributed by atoms with E-state index in [0.29, 0.717) is 0 Å². The monoisotopic (exact) mass is 317 g/mol. The highest BCUT2D eigenvalue weighted by molar-refractivity contribution is 6.00. The Morgan fingerprint density at radius 1 is 1.04 bits per heavy atom. The molecule has 3 rings (SSSR count). The Morgan fingerprint density at radius 3 is 2.57 bits per heavy atom. The molecule has 0 amide bonds. The molecule has 0 unspecified atom stereocenters. The third-order valence-electron chi connectivity index (χ3n) is 3.47. The third kappa shape index (κ3) is 2.52. The van der Waals surface area contributed by atoms with Gasteiger partial charge in [-0.25, -0.2) is 18.0 Å². The predicted molar refractivity (Wildman–Crippen MR) is 78.4 cm³/mol. The van der Waals surface area contributed by atoms with Crippen molar-refractivity contribution < 1.29 is 22.7 Å². The molecule has 2 aromatic carbocycles. The van der Waals surface area contributed by atoms with Crippen LogP contribution >= 0.6 is 0 Å². The number of aromatic nitrogens is 1. The first-order valence-electron chi connectivity index (χ1n) is 6.64. The maximum Gasteiger partial charge on any atom is 0.337 e. The number of esters is 1. The van der Waals surface area contributed by atoms with E-state index in [-0.39, 0.29) is 27.6 Å². The average molecular weight is 317 g/mol. The van der Waals surface area contributed by atoms with E-state index in [1.165, 1.54) is 37.4 Å². The van der Waals surface area contributed by atoms with Crippen LogP contribution in [0, 0.1) is 17.5 Å². The average Bonchev–Trinajstić information content (AvgIpc) is 2.57.